The molecule has 0 amide bonds. The van der Waals surface area contributed by atoms with Crippen LogP contribution in [0.2, 0.25) is 0 Å². The highest BCUT2D eigenvalue weighted by molar-refractivity contribution is 7.18. The molecule has 0 saturated carbocycles. The van der Waals surface area contributed by atoms with Crippen molar-refractivity contribution in [2.45, 2.75) is 19.3 Å². The van der Waals surface area contributed by atoms with Gasteiger partial charge in [-0.05, 0) is 24.6 Å². The number of nitrogen functional groups attached to an aromatic ring is 1. The van der Waals surface area contributed by atoms with Crippen molar-refractivity contribution < 1.29 is 0 Å². The molecule has 1 atom stereocenters. The van der Waals surface area contributed by atoms with Crippen LogP contribution in [0, 0.1) is 0 Å². The maximum atomic E-state index is 6.23. The van der Waals surface area contributed by atoms with E-state index in [1.165, 1.54) is 4.88 Å². The van der Waals surface area contributed by atoms with Crippen molar-refractivity contribution in [3.05, 3.63) is 71.4 Å². The van der Waals surface area contributed by atoms with Crippen LogP contribution in [-0.4, -0.2) is 15.0 Å². The molecule has 4 nitrogen and oxygen atoms in total. The summed E-state index contributed by atoms with van der Waals surface area (Å²) in [6, 6.07) is 18.1. The average molecular weight is 383 g/mol. The first kappa shape index (κ1) is 18.3. The summed E-state index contributed by atoms with van der Waals surface area (Å²) in [5.74, 6) is 1.45. The Hall–Kier alpha value is -2.50. The molecular formula is C20H19ClN4S. The number of nitrogens with two attached hydrogens (primary N) is 1. The highest BCUT2D eigenvalue weighted by Crippen LogP contribution is 2.37. The van der Waals surface area contributed by atoms with E-state index in [0.717, 1.165) is 27.9 Å². The summed E-state index contributed by atoms with van der Waals surface area (Å²) >= 11 is 1.68. The van der Waals surface area contributed by atoms with Gasteiger partial charge >= 0.3 is 0 Å². The fourth-order valence-electron chi connectivity index (χ4n) is 2.99. The lowest BCUT2D eigenvalue weighted by Crippen LogP contribution is -1.99. The fraction of sp³-hybridized carbons (Fsp3) is 0.150. The van der Waals surface area contributed by atoms with Gasteiger partial charge in [0.25, 0.3) is 0 Å². The van der Waals surface area contributed by atoms with Crippen molar-refractivity contribution in [1.82, 2.24) is 15.0 Å². The number of hydrogen-bond donors (Lipinski definition) is 1. The van der Waals surface area contributed by atoms with E-state index in [9.17, 15) is 0 Å². The monoisotopic (exact) mass is 382 g/mol. The highest BCUT2D eigenvalue weighted by Gasteiger charge is 2.18. The summed E-state index contributed by atoms with van der Waals surface area (Å²) < 4.78 is 0. The van der Waals surface area contributed by atoms with E-state index in [-0.39, 0.29) is 18.3 Å². The van der Waals surface area contributed by atoms with Crippen molar-refractivity contribution in [3.8, 4) is 11.4 Å². The van der Waals surface area contributed by atoms with Crippen molar-refractivity contribution in [1.29, 1.82) is 0 Å². The van der Waals surface area contributed by atoms with Gasteiger partial charge in [-0.25, -0.2) is 9.97 Å². The van der Waals surface area contributed by atoms with E-state index in [0.29, 0.717) is 11.6 Å². The normalized spacial score (nSPS) is 11.9. The van der Waals surface area contributed by atoms with Crippen LogP contribution in [-0.2, 0) is 0 Å². The minimum Gasteiger partial charge on any atom is -0.383 e. The summed E-state index contributed by atoms with van der Waals surface area (Å²) in [4.78, 5) is 15.9. The molecule has 0 aliphatic heterocycles. The Balaban J connectivity index is 0.00000196. The van der Waals surface area contributed by atoms with Gasteiger partial charge in [0, 0.05) is 28.2 Å². The maximum absolute atomic E-state index is 6.23. The number of anilines is 1. The van der Waals surface area contributed by atoms with Gasteiger partial charge in [0.15, 0.2) is 5.82 Å². The lowest BCUT2D eigenvalue weighted by Gasteiger charge is -2.11. The van der Waals surface area contributed by atoms with Gasteiger partial charge in [0.05, 0.1) is 5.39 Å². The fourth-order valence-corrected chi connectivity index (χ4v) is 4.22. The Morgan fingerprint density at radius 1 is 1.04 bits per heavy atom. The third-order valence-electron chi connectivity index (χ3n) is 4.27. The third kappa shape index (κ3) is 3.41. The van der Waals surface area contributed by atoms with Gasteiger partial charge in [-0.1, -0.05) is 43.3 Å². The van der Waals surface area contributed by atoms with Crippen LogP contribution in [0.25, 0.3) is 21.6 Å². The first-order valence-corrected chi connectivity index (χ1v) is 9.11. The summed E-state index contributed by atoms with van der Waals surface area (Å²) in [7, 11) is 0. The summed E-state index contributed by atoms with van der Waals surface area (Å²) in [5, 5.41) is 0.925. The second-order valence-electron chi connectivity index (χ2n) is 5.88. The standard InChI is InChI=1S/C20H18N4S.ClH/c1-2-14(16-10-6-7-11-22-16)17-12-15-18(21)23-19(24-20(15)25-17)13-8-4-3-5-9-13;/h3-12,14H,2H2,1H3,(H2,21,23,24);1H. The molecule has 0 saturated heterocycles. The van der Waals surface area contributed by atoms with E-state index in [1.54, 1.807) is 11.3 Å². The van der Waals surface area contributed by atoms with Crippen molar-refractivity contribution >= 4 is 39.8 Å². The zero-order valence-corrected chi connectivity index (χ0v) is 15.9. The van der Waals surface area contributed by atoms with Crippen molar-refractivity contribution in [2.24, 2.45) is 0 Å². The number of benzene rings is 1. The quantitative estimate of drug-likeness (QED) is 0.520. The summed E-state index contributed by atoms with van der Waals surface area (Å²) in [6.45, 7) is 2.17. The van der Waals surface area contributed by atoms with Gasteiger partial charge in [-0.2, -0.15) is 0 Å². The van der Waals surface area contributed by atoms with Crippen LogP contribution in [0.1, 0.15) is 29.8 Å². The zero-order valence-electron chi connectivity index (χ0n) is 14.3. The minimum atomic E-state index is 0. The van der Waals surface area contributed by atoms with Crippen LogP contribution in [0.5, 0.6) is 0 Å². The molecule has 2 N–H and O–H groups in total. The van der Waals surface area contributed by atoms with Gasteiger partial charge < -0.3 is 5.73 Å². The molecule has 26 heavy (non-hydrogen) atoms. The predicted molar refractivity (Wildman–Crippen MR) is 111 cm³/mol. The molecule has 3 aromatic heterocycles. The Labute approximate surface area is 162 Å². The minimum absolute atomic E-state index is 0. The van der Waals surface area contributed by atoms with Crippen molar-refractivity contribution in [2.75, 3.05) is 5.73 Å². The molecule has 0 aliphatic rings. The number of aromatic nitrogens is 3. The van der Waals surface area contributed by atoms with Crippen LogP contribution in [0.3, 0.4) is 0 Å². The molecule has 0 radical (unpaired) electrons. The average Bonchev–Trinajstić information content (AvgIpc) is 3.08. The molecule has 132 valence electrons. The zero-order chi connectivity index (χ0) is 17.2. The number of pyridine rings is 1. The molecule has 6 heteroatoms. The second kappa shape index (κ2) is 7.81. The van der Waals surface area contributed by atoms with E-state index in [4.69, 9.17) is 10.7 Å². The smallest absolute Gasteiger partial charge is 0.163 e. The number of halogens is 1. The number of thiophene rings is 1. The maximum Gasteiger partial charge on any atom is 0.163 e. The Bertz CT molecular complexity index is 1000. The molecule has 4 aromatic rings. The first-order valence-electron chi connectivity index (χ1n) is 8.29. The first-order chi connectivity index (χ1) is 12.3. The molecule has 0 bridgehead atoms. The Morgan fingerprint density at radius 2 is 1.81 bits per heavy atom. The molecule has 1 unspecified atom stereocenters. The Kier molecular flexibility index (Phi) is 5.49. The number of nitrogens with zero attached hydrogens (tertiary/aromatic N) is 3. The van der Waals surface area contributed by atoms with E-state index < -0.39 is 0 Å². The molecule has 0 fully saturated rings. The topological polar surface area (TPSA) is 64.7 Å². The van der Waals surface area contributed by atoms with Crippen LogP contribution in [0.4, 0.5) is 5.82 Å². The highest BCUT2D eigenvalue weighted by atomic mass is 35.5. The predicted octanol–water partition coefficient (Wildman–Crippen LogP) is 5.30. The summed E-state index contributed by atoms with van der Waals surface area (Å²) in [5.41, 5.74) is 8.28. The molecular weight excluding hydrogens is 364 g/mol. The van der Waals surface area contributed by atoms with Crippen LogP contribution < -0.4 is 5.73 Å². The van der Waals surface area contributed by atoms with Gasteiger partial charge in [0.2, 0.25) is 0 Å². The van der Waals surface area contributed by atoms with Crippen LogP contribution >= 0.6 is 23.7 Å². The van der Waals surface area contributed by atoms with E-state index in [2.05, 4.69) is 29.0 Å². The second-order valence-corrected chi connectivity index (χ2v) is 6.94. The third-order valence-corrected chi connectivity index (χ3v) is 5.41. The summed E-state index contributed by atoms with van der Waals surface area (Å²) in [6.07, 6.45) is 2.82. The lowest BCUT2D eigenvalue weighted by molar-refractivity contribution is 0.763. The van der Waals surface area contributed by atoms with Gasteiger partial charge in [-0.3, -0.25) is 4.98 Å². The van der Waals surface area contributed by atoms with Crippen LogP contribution in [0.15, 0.2) is 60.8 Å². The largest absolute Gasteiger partial charge is 0.383 e. The number of fused-ring (bicyclic) bond motifs is 1. The molecule has 0 aliphatic carbocycles. The lowest BCUT2D eigenvalue weighted by atomic mass is 9.99. The molecule has 4 rings (SSSR count). The number of hydrogen-bond acceptors (Lipinski definition) is 5. The number of rotatable bonds is 4. The van der Waals surface area contributed by atoms with E-state index in [1.807, 2.05) is 48.7 Å². The van der Waals surface area contributed by atoms with Crippen molar-refractivity contribution in [3.63, 3.8) is 0 Å². The Morgan fingerprint density at radius 3 is 2.50 bits per heavy atom. The molecule has 0 spiro atoms. The molecule has 3 heterocycles. The van der Waals surface area contributed by atoms with Gasteiger partial charge in [-0.15, -0.1) is 23.7 Å². The van der Waals surface area contributed by atoms with E-state index >= 15 is 0 Å². The molecule has 1 aromatic carbocycles. The van der Waals surface area contributed by atoms with Gasteiger partial charge in [0.1, 0.15) is 10.6 Å². The SMILES string of the molecule is CCC(c1ccccn1)c1cc2c(N)nc(-c3ccccc3)nc2s1.Cl.